The van der Waals surface area contributed by atoms with Gasteiger partial charge in [-0.05, 0) is 51.5 Å². The molecular weight excluding hydrogens is 238 g/mol. The zero-order chi connectivity index (χ0) is 14.0. The van der Waals surface area contributed by atoms with Gasteiger partial charge >= 0.3 is 0 Å². The van der Waals surface area contributed by atoms with Crippen LogP contribution in [0.2, 0.25) is 0 Å². The Hall–Kier alpha value is -1.68. The number of aromatic nitrogens is 3. The summed E-state index contributed by atoms with van der Waals surface area (Å²) in [6.45, 7) is 8.75. The smallest absolute Gasteiger partial charge is 0.0846 e. The SMILES string of the molecule is CCn1nc(C)cc1CC(O)c1cc(C)nc(C)c1. The third-order valence-corrected chi connectivity index (χ3v) is 3.18. The molecule has 1 N–H and O–H groups in total. The number of nitrogens with zero attached hydrogens (tertiary/aromatic N) is 3. The first kappa shape index (κ1) is 13.7. The van der Waals surface area contributed by atoms with Gasteiger partial charge in [0.1, 0.15) is 0 Å². The number of hydrogen-bond donors (Lipinski definition) is 1. The molecule has 1 unspecified atom stereocenters. The highest BCUT2D eigenvalue weighted by Gasteiger charge is 2.13. The van der Waals surface area contributed by atoms with Crippen molar-refractivity contribution in [2.45, 2.75) is 46.8 Å². The molecule has 0 bridgehead atoms. The van der Waals surface area contributed by atoms with Crippen LogP contribution in [0.1, 0.15) is 41.4 Å². The van der Waals surface area contributed by atoms with Gasteiger partial charge in [-0.3, -0.25) is 9.67 Å². The Labute approximate surface area is 114 Å². The second kappa shape index (κ2) is 5.53. The molecule has 0 saturated heterocycles. The van der Waals surface area contributed by atoms with Crippen LogP contribution in [0.25, 0.3) is 0 Å². The maximum absolute atomic E-state index is 10.4. The molecule has 4 heteroatoms. The van der Waals surface area contributed by atoms with Crippen molar-refractivity contribution in [3.63, 3.8) is 0 Å². The highest BCUT2D eigenvalue weighted by molar-refractivity contribution is 5.24. The van der Waals surface area contributed by atoms with E-state index in [-0.39, 0.29) is 0 Å². The molecule has 2 heterocycles. The molecule has 2 aromatic rings. The van der Waals surface area contributed by atoms with E-state index in [1.165, 1.54) is 0 Å². The van der Waals surface area contributed by atoms with E-state index in [4.69, 9.17) is 0 Å². The van der Waals surface area contributed by atoms with Gasteiger partial charge in [0.2, 0.25) is 0 Å². The van der Waals surface area contributed by atoms with Gasteiger partial charge in [-0.1, -0.05) is 0 Å². The number of hydrogen-bond acceptors (Lipinski definition) is 3. The fraction of sp³-hybridized carbons (Fsp3) is 0.467. The summed E-state index contributed by atoms with van der Waals surface area (Å²) in [6, 6.07) is 5.92. The topological polar surface area (TPSA) is 50.9 Å². The lowest BCUT2D eigenvalue weighted by molar-refractivity contribution is 0.175. The molecule has 0 fully saturated rings. The molecule has 0 aliphatic rings. The summed E-state index contributed by atoms with van der Waals surface area (Å²) < 4.78 is 1.94. The molecule has 0 aliphatic carbocycles. The Bertz CT molecular complexity index is 555. The van der Waals surface area contributed by atoms with E-state index < -0.39 is 6.10 Å². The summed E-state index contributed by atoms with van der Waals surface area (Å²) in [5, 5.41) is 14.8. The van der Waals surface area contributed by atoms with E-state index in [2.05, 4.69) is 17.0 Å². The van der Waals surface area contributed by atoms with Crippen LogP contribution in [0.3, 0.4) is 0 Å². The van der Waals surface area contributed by atoms with Crippen molar-refractivity contribution < 1.29 is 5.11 Å². The monoisotopic (exact) mass is 259 g/mol. The average molecular weight is 259 g/mol. The lowest BCUT2D eigenvalue weighted by atomic mass is 10.0. The van der Waals surface area contributed by atoms with Crippen molar-refractivity contribution in [3.8, 4) is 0 Å². The van der Waals surface area contributed by atoms with Gasteiger partial charge in [0, 0.05) is 30.0 Å². The Kier molecular flexibility index (Phi) is 4.00. The molecule has 0 aromatic carbocycles. The minimum absolute atomic E-state index is 0.512. The van der Waals surface area contributed by atoms with Crippen LogP contribution in [-0.4, -0.2) is 19.9 Å². The zero-order valence-corrected chi connectivity index (χ0v) is 12.0. The van der Waals surface area contributed by atoms with Gasteiger partial charge in [-0.25, -0.2) is 0 Å². The Balaban J connectivity index is 2.22. The summed E-state index contributed by atoms with van der Waals surface area (Å²) in [5.41, 5.74) is 4.86. The van der Waals surface area contributed by atoms with Crippen molar-refractivity contribution >= 4 is 0 Å². The van der Waals surface area contributed by atoms with Crippen molar-refractivity contribution in [1.82, 2.24) is 14.8 Å². The first-order chi connectivity index (χ1) is 8.99. The van der Waals surface area contributed by atoms with Crippen molar-refractivity contribution in [2.75, 3.05) is 0 Å². The second-order valence-electron chi connectivity index (χ2n) is 5.00. The van der Waals surface area contributed by atoms with Gasteiger partial charge in [0.25, 0.3) is 0 Å². The molecule has 2 aromatic heterocycles. The van der Waals surface area contributed by atoms with E-state index in [0.717, 1.165) is 34.9 Å². The van der Waals surface area contributed by atoms with Crippen molar-refractivity contribution in [1.29, 1.82) is 0 Å². The van der Waals surface area contributed by atoms with Crippen LogP contribution >= 0.6 is 0 Å². The van der Waals surface area contributed by atoms with Crippen molar-refractivity contribution in [2.24, 2.45) is 0 Å². The summed E-state index contributed by atoms with van der Waals surface area (Å²) >= 11 is 0. The Morgan fingerprint density at radius 2 is 1.74 bits per heavy atom. The fourth-order valence-electron chi connectivity index (χ4n) is 2.41. The van der Waals surface area contributed by atoms with Gasteiger partial charge < -0.3 is 5.11 Å². The average Bonchev–Trinajstić information content (AvgIpc) is 2.68. The molecule has 19 heavy (non-hydrogen) atoms. The minimum atomic E-state index is -0.512. The summed E-state index contributed by atoms with van der Waals surface area (Å²) in [7, 11) is 0. The zero-order valence-electron chi connectivity index (χ0n) is 12.0. The van der Waals surface area contributed by atoms with Crippen LogP contribution in [0.4, 0.5) is 0 Å². The summed E-state index contributed by atoms with van der Waals surface area (Å²) in [6.07, 6.45) is 0.0687. The number of aliphatic hydroxyl groups excluding tert-OH is 1. The van der Waals surface area contributed by atoms with Crippen molar-refractivity contribution in [3.05, 3.63) is 46.5 Å². The van der Waals surface area contributed by atoms with Crippen LogP contribution in [-0.2, 0) is 13.0 Å². The fourth-order valence-corrected chi connectivity index (χ4v) is 2.41. The number of rotatable bonds is 4. The highest BCUT2D eigenvalue weighted by Crippen LogP contribution is 2.20. The van der Waals surface area contributed by atoms with Crippen LogP contribution in [0.5, 0.6) is 0 Å². The predicted octanol–water partition coefficient (Wildman–Crippen LogP) is 2.50. The van der Waals surface area contributed by atoms with Crippen LogP contribution in [0.15, 0.2) is 18.2 Å². The molecule has 0 radical (unpaired) electrons. The van der Waals surface area contributed by atoms with E-state index in [9.17, 15) is 5.11 Å². The molecule has 4 nitrogen and oxygen atoms in total. The molecule has 0 spiro atoms. The maximum Gasteiger partial charge on any atom is 0.0846 e. The minimum Gasteiger partial charge on any atom is -0.388 e. The van der Waals surface area contributed by atoms with Gasteiger partial charge in [0.15, 0.2) is 0 Å². The predicted molar refractivity (Wildman–Crippen MR) is 75.0 cm³/mol. The Morgan fingerprint density at radius 1 is 1.11 bits per heavy atom. The van der Waals surface area contributed by atoms with E-state index >= 15 is 0 Å². The standard InChI is InChI=1S/C15H21N3O/c1-5-18-14(8-12(4)17-18)9-15(19)13-6-10(2)16-11(3)7-13/h6-8,15,19H,5,9H2,1-4H3. The molecule has 1 atom stereocenters. The third-order valence-electron chi connectivity index (χ3n) is 3.18. The Morgan fingerprint density at radius 3 is 2.32 bits per heavy atom. The van der Waals surface area contributed by atoms with Crippen LogP contribution in [0, 0.1) is 20.8 Å². The van der Waals surface area contributed by atoms with Crippen LogP contribution < -0.4 is 0 Å². The van der Waals surface area contributed by atoms with E-state index in [0.29, 0.717) is 6.42 Å². The summed E-state index contributed by atoms with van der Waals surface area (Å²) in [5.74, 6) is 0. The molecular formula is C15H21N3O. The number of pyridine rings is 1. The maximum atomic E-state index is 10.4. The molecule has 2 rings (SSSR count). The van der Waals surface area contributed by atoms with E-state index in [1.807, 2.05) is 43.7 Å². The first-order valence-electron chi connectivity index (χ1n) is 6.66. The normalized spacial score (nSPS) is 12.7. The van der Waals surface area contributed by atoms with Gasteiger partial charge in [-0.15, -0.1) is 0 Å². The molecule has 0 amide bonds. The number of aliphatic hydroxyl groups is 1. The molecule has 102 valence electrons. The molecule has 0 saturated carbocycles. The first-order valence-corrected chi connectivity index (χ1v) is 6.66. The molecule has 0 aliphatic heterocycles. The number of aryl methyl sites for hydroxylation is 4. The largest absolute Gasteiger partial charge is 0.388 e. The highest BCUT2D eigenvalue weighted by atomic mass is 16.3. The summed E-state index contributed by atoms with van der Waals surface area (Å²) in [4.78, 5) is 4.33. The second-order valence-corrected chi connectivity index (χ2v) is 5.00. The lowest BCUT2D eigenvalue weighted by Gasteiger charge is -2.13. The lowest BCUT2D eigenvalue weighted by Crippen LogP contribution is -2.09. The quantitative estimate of drug-likeness (QED) is 0.917. The van der Waals surface area contributed by atoms with Gasteiger partial charge in [0.05, 0.1) is 11.8 Å². The van der Waals surface area contributed by atoms with Gasteiger partial charge in [-0.2, -0.15) is 5.10 Å². The third kappa shape index (κ3) is 3.20. The van der Waals surface area contributed by atoms with E-state index in [1.54, 1.807) is 0 Å².